The minimum absolute atomic E-state index is 0.255. The second-order valence-corrected chi connectivity index (χ2v) is 6.28. The van der Waals surface area contributed by atoms with E-state index in [1.807, 2.05) is 0 Å². The topological polar surface area (TPSA) is 49.6 Å². The van der Waals surface area contributed by atoms with Crippen LogP contribution in [0.2, 0.25) is 0 Å². The van der Waals surface area contributed by atoms with Crippen LogP contribution in [0.5, 0.6) is 0 Å². The van der Waals surface area contributed by atoms with E-state index in [0.717, 1.165) is 45.3 Å². The van der Waals surface area contributed by atoms with E-state index in [1.54, 1.807) is 0 Å². The minimum Gasteiger partial charge on any atom is -0.340 e. The van der Waals surface area contributed by atoms with Gasteiger partial charge in [-0.25, -0.2) is 0 Å². The summed E-state index contributed by atoms with van der Waals surface area (Å²) in [6.07, 6.45) is 5.20. The molecule has 2 aliphatic rings. The number of hydrogen-bond donors (Lipinski definition) is 1. The van der Waals surface area contributed by atoms with Crippen LogP contribution in [0.25, 0.3) is 0 Å². The van der Waals surface area contributed by atoms with Crippen molar-refractivity contribution in [2.75, 3.05) is 26.2 Å². The lowest BCUT2D eigenvalue weighted by atomic mass is 9.92. The summed E-state index contributed by atoms with van der Waals surface area (Å²) in [5.41, 5.74) is 5.97. The van der Waals surface area contributed by atoms with Gasteiger partial charge in [-0.3, -0.25) is 4.79 Å². The Labute approximate surface area is 117 Å². The van der Waals surface area contributed by atoms with Gasteiger partial charge in [0, 0.05) is 24.5 Å². The lowest BCUT2D eigenvalue weighted by Crippen LogP contribution is -2.51. The first kappa shape index (κ1) is 14.8. The summed E-state index contributed by atoms with van der Waals surface area (Å²) >= 11 is 0. The Morgan fingerprint density at radius 2 is 1.89 bits per heavy atom. The molecule has 2 fully saturated rings. The first-order valence-electron chi connectivity index (χ1n) is 7.90. The van der Waals surface area contributed by atoms with Crippen molar-refractivity contribution in [3.8, 4) is 0 Å². The molecular formula is C15H29N3O. The van der Waals surface area contributed by atoms with Gasteiger partial charge in [-0.1, -0.05) is 6.92 Å². The van der Waals surface area contributed by atoms with Crippen molar-refractivity contribution in [1.82, 2.24) is 9.80 Å². The summed E-state index contributed by atoms with van der Waals surface area (Å²) in [7, 11) is 0. The SMILES string of the molecule is CCCN1CCC(C(=O)N2CC[C@@H](N)C[C@H]2C)CC1. The molecule has 2 rings (SSSR count). The monoisotopic (exact) mass is 267 g/mol. The largest absolute Gasteiger partial charge is 0.340 e. The maximum atomic E-state index is 12.6. The molecule has 4 nitrogen and oxygen atoms in total. The van der Waals surface area contributed by atoms with Gasteiger partial charge in [-0.15, -0.1) is 0 Å². The Morgan fingerprint density at radius 3 is 2.47 bits per heavy atom. The van der Waals surface area contributed by atoms with Crippen LogP contribution < -0.4 is 5.73 Å². The lowest BCUT2D eigenvalue weighted by Gasteiger charge is -2.40. The molecule has 0 aliphatic carbocycles. The van der Waals surface area contributed by atoms with E-state index in [0.29, 0.717) is 11.9 Å². The summed E-state index contributed by atoms with van der Waals surface area (Å²) in [6, 6.07) is 0.607. The van der Waals surface area contributed by atoms with Crippen LogP contribution in [-0.4, -0.2) is 54.0 Å². The Kier molecular flexibility index (Phi) is 5.22. The molecule has 0 aromatic carbocycles. The van der Waals surface area contributed by atoms with E-state index in [-0.39, 0.29) is 12.0 Å². The van der Waals surface area contributed by atoms with Crippen LogP contribution in [0, 0.1) is 5.92 Å². The Morgan fingerprint density at radius 1 is 1.21 bits per heavy atom. The normalized spacial score (nSPS) is 30.6. The number of amides is 1. The zero-order chi connectivity index (χ0) is 13.8. The molecule has 0 aromatic rings. The van der Waals surface area contributed by atoms with Gasteiger partial charge in [0.25, 0.3) is 0 Å². The van der Waals surface area contributed by atoms with E-state index < -0.39 is 0 Å². The number of piperidine rings is 2. The van der Waals surface area contributed by atoms with Crippen LogP contribution >= 0.6 is 0 Å². The molecule has 4 heteroatoms. The summed E-state index contributed by atoms with van der Waals surface area (Å²) in [5.74, 6) is 0.639. The number of likely N-dealkylation sites (tertiary alicyclic amines) is 2. The lowest BCUT2D eigenvalue weighted by molar-refractivity contribution is -0.140. The highest BCUT2D eigenvalue weighted by Gasteiger charge is 2.33. The second-order valence-electron chi connectivity index (χ2n) is 6.28. The third kappa shape index (κ3) is 3.69. The third-order valence-corrected chi connectivity index (χ3v) is 4.68. The predicted molar refractivity (Wildman–Crippen MR) is 77.8 cm³/mol. The van der Waals surface area contributed by atoms with Gasteiger partial charge in [0.05, 0.1) is 0 Å². The van der Waals surface area contributed by atoms with Crippen LogP contribution in [0.4, 0.5) is 0 Å². The Balaban J connectivity index is 1.84. The standard InChI is InChI=1S/C15H29N3O/c1-3-7-17-8-4-13(5-9-17)15(19)18-10-6-14(16)11-12(18)2/h12-14H,3-11,16H2,1-2H3/t12-,14-/m1/s1. The molecule has 2 saturated heterocycles. The van der Waals surface area contributed by atoms with Gasteiger partial charge in [-0.2, -0.15) is 0 Å². The Hall–Kier alpha value is -0.610. The highest BCUT2D eigenvalue weighted by Crippen LogP contribution is 2.24. The third-order valence-electron chi connectivity index (χ3n) is 4.68. The molecule has 1 amide bonds. The fourth-order valence-corrected chi connectivity index (χ4v) is 3.49. The number of rotatable bonds is 3. The molecule has 110 valence electrons. The summed E-state index contributed by atoms with van der Waals surface area (Å²) in [5, 5.41) is 0. The number of nitrogens with zero attached hydrogens (tertiary/aromatic N) is 2. The smallest absolute Gasteiger partial charge is 0.226 e. The summed E-state index contributed by atoms with van der Waals surface area (Å²) in [6.45, 7) is 8.57. The van der Waals surface area contributed by atoms with E-state index in [1.165, 1.54) is 13.0 Å². The second kappa shape index (κ2) is 6.71. The van der Waals surface area contributed by atoms with Crippen molar-refractivity contribution < 1.29 is 4.79 Å². The van der Waals surface area contributed by atoms with Gasteiger partial charge in [0.15, 0.2) is 0 Å². The molecule has 19 heavy (non-hydrogen) atoms. The maximum absolute atomic E-state index is 12.6. The predicted octanol–water partition coefficient (Wildman–Crippen LogP) is 1.45. The van der Waals surface area contributed by atoms with Gasteiger partial charge in [0.1, 0.15) is 0 Å². The van der Waals surface area contributed by atoms with E-state index in [2.05, 4.69) is 23.6 Å². The molecule has 0 bridgehead atoms. The van der Waals surface area contributed by atoms with E-state index in [9.17, 15) is 4.79 Å². The van der Waals surface area contributed by atoms with Crippen molar-refractivity contribution in [2.24, 2.45) is 11.7 Å². The fraction of sp³-hybridized carbons (Fsp3) is 0.933. The van der Waals surface area contributed by atoms with Crippen LogP contribution in [0.1, 0.15) is 46.0 Å². The van der Waals surface area contributed by atoms with Crippen molar-refractivity contribution in [1.29, 1.82) is 0 Å². The number of carbonyl (C=O) groups is 1. The molecule has 2 heterocycles. The van der Waals surface area contributed by atoms with Crippen molar-refractivity contribution in [3.63, 3.8) is 0 Å². The summed E-state index contributed by atoms with van der Waals surface area (Å²) < 4.78 is 0. The van der Waals surface area contributed by atoms with Crippen LogP contribution in [0.3, 0.4) is 0 Å². The average Bonchev–Trinajstić information content (AvgIpc) is 2.39. The van der Waals surface area contributed by atoms with Gasteiger partial charge < -0.3 is 15.5 Å². The number of nitrogens with two attached hydrogens (primary N) is 1. The zero-order valence-corrected chi connectivity index (χ0v) is 12.5. The van der Waals surface area contributed by atoms with Crippen molar-refractivity contribution >= 4 is 5.91 Å². The molecule has 2 aliphatic heterocycles. The van der Waals surface area contributed by atoms with Gasteiger partial charge in [-0.05, 0) is 58.7 Å². The van der Waals surface area contributed by atoms with E-state index >= 15 is 0 Å². The van der Waals surface area contributed by atoms with E-state index in [4.69, 9.17) is 5.73 Å². The molecule has 0 aromatic heterocycles. The first-order chi connectivity index (χ1) is 9.11. The molecular weight excluding hydrogens is 238 g/mol. The van der Waals surface area contributed by atoms with Crippen LogP contribution in [0.15, 0.2) is 0 Å². The number of hydrogen-bond acceptors (Lipinski definition) is 3. The fourth-order valence-electron chi connectivity index (χ4n) is 3.49. The van der Waals surface area contributed by atoms with Crippen LogP contribution in [-0.2, 0) is 4.79 Å². The highest BCUT2D eigenvalue weighted by molar-refractivity contribution is 5.79. The van der Waals surface area contributed by atoms with Crippen molar-refractivity contribution in [3.05, 3.63) is 0 Å². The Bertz CT molecular complexity index is 300. The molecule has 0 radical (unpaired) electrons. The van der Waals surface area contributed by atoms with Gasteiger partial charge in [0.2, 0.25) is 5.91 Å². The molecule has 0 saturated carbocycles. The van der Waals surface area contributed by atoms with Gasteiger partial charge >= 0.3 is 0 Å². The minimum atomic E-state index is 0.255. The highest BCUT2D eigenvalue weighted by atomic mass is 16.2. The molecule has 0 spiro atoms. The first-order valence-corrected chi connectivity index (χ1v) is 7.90. The average molecular weight is 267 g/mol. The molecule has 0 unspecified atom stereocenters. The number of carbonyl (C=O) groups excluding carboxylic acids is 1. The van der Waals surface area contributed by atoms with Crippen molar-refractivity contribution in [2.45, 2.75) is 58.0 Å². The molecule has 2 atom stereocenters. The summed E-state index contributed by atoms with van der Waals surface area (Å²) in [4.78, 5) is 17.2. The zero-order valence-electron chi connectivity index (χ0n) is 12.5. The quantitative estimate of drug-likeness (QED) is 0.842. The molecule has 2 N–H and O–H groups in total. The maximum Gasteiger partial charge on any atom is 0.226 e.